The lowest BCUT2D eigenvalue weighted by atomic mass is 10.0. The van der Waals surface area contributed by atoms with E-state index < -0.39 is 7.60 Å². The van der Waals surface area contributed by atoms with E-state index in [0.29, 0.717) is 18.8 Å². The first kappa shape index (κ1) is 18.6. The maximum absolute atomic E-state index is 12.5. The van der Waals surface area contributed by atoms with Crippen molar-refractivity contribution in [1.82, 2.24) is 0 Å². The summed E-state index contributed by atoms with van der Waals surface area (Å²) in [6.07, 6.45) is 1.91. The van der Waals surface area contributed by atoms with Crippen molar-refractivity contribution in [3.8, 4) is 0 Å². The maximum Gasteiger partial charge on any atom is 0.335 e. The topological polar surface area (TPSA) is 52.6 Å². The Hall–Kier alpha value is -1.74. The van der Waals surface area contributed by atoms with Crippen molar-refractivity contribution in [1.29, 1.82) is 0 Å². The van der Waals surface area contributed by atoms with Crippen LogP contribution in [0.1, 0.15) is 40.9 Å². The van der Waals surface area contributed by atoms with Gasteiger partial charge in [0.05, 0.1) is 19.4 Å². The Kier molecular flexibility index (Phi) is 6.92. The van der Waals surface area contributed by atoms with Crippen LogP contribution in [-0.4, -0.2) is 19.5 Å². The van der Waals surface area contributed by atoms with Crippen molar-refractivity contribution in [3.05, 3.63) is 70.8 Å². The van der Waals surface area contributed by atoms with Crippen molar-refractivity contribution in [2.75, 3.05) is 13.2 Å². The first-order chi connectivity index (χ1) is 11.6. The normalized spacial score (nSPS) is 11.4. The Morgan fingerprint density at radius 2 is 1.29 bits per heavy atom. The molecule has 0 unspecified atom stereocenters. The molecule has 0 spiro atoms. The van der Waals surface area contributed by atoms with Gasteiger partial charge in [0.25, 0.3) is 0 Å². The molecule has 2 aromatic rings. The predicted molar refractivity (Wildman–Crippen MR) is 95.6 cm³/mol. The van der Waals surface area contributed by atoms with Gasteiger partial charge in [-0.25, -0.2) is 0 Å². The summed E-state index contributed by atoms with van der Waals surface area (Å²) in [5.41, 5.74) is 3.90. The molecule has 0 fully saturated rings. The van der Waals surface area contributed by atoms with Crippen LogP contribution in [0.25, 0.3) is 0 Å². The number of carbonyl (C=O) groups is 1. The van der Waals surface area contributed by atoms with E-state index in [9.17, 15) is 9.36 Å². The van der Waals surface area contributed by atoms with Gasteiger partial charge < -0.3 is 9.05 Å². The lowest BCUT2D eigenvalue weighted by molar-refractivity contribution is 0.112. The predicted octanol–water partition coefficient (Wildman–Crippen LogP) is 4.86. The van der Waals surface area contributed by atoms with Gasteiger partial charge in [-0.05, 0) is 37.0 Å². The summed E-state index contributed by atoms with van der Waals surface area (Å²) in [6, 6.07) is 15.5. The molecule has 0 saturated carbocycles. The van der Waals surface area contributed by atoms with E-state index in [2.05, 4.69) is 0 Å². The summed E-state index contributed by atoms with van der Waals surface area (Å²) < 4.78 is 23.2. The highest BCUT2D eigenvalue weighted by atomic mass is 31.2. The van der Waals surface area contributed by atoms with Crippen LogP contribution in [0.15, 0.2) is 48.5 Å². The van der Waals surface area contributed by atoms with E-state index in [1.54, 1.807) is 0 Å². The Bertz CT molecular complexity index is 682. The molecule has 0 aliphatic carbocycles. The van der Waals surface area contributed by atoms with E-state index in [-0.39, 0.29) is 6.16 Å². The molecule has 0 aliphatic heterocycles. The number of hydrogen-bond donors (Lipinski definition) is 0. The quantitative estimate of drug-likeness (QED) is 0.481. The fraction of sp³-hybridized carbons (Fsp3) is 0.316. The Morgan fingerprint density at radius 1 is 0.833 bits per heavy atom. The van der Waals surface area contributed by atoms with Gasteiger partial charge in [0.2, 0.25) is 0 Å². The van der Waals surface area contributed by atoms with Crippen LogP contribution in [-0.2, 0) is 26.2 Å². The zero-order valence-electron chi connectivity index (χ0n) is 14.1. The molecule has 24 heavy (non-hydrogen) atoms. The molecule has 0 radical (unpaired) electrons. The van der Waals surface area contributed by atoms with Crippen LogP contribution >= 0.6 is 7.60 Å². The minimum Gasteiger partial charge on any atom is -0.309 e. The standard InChI is InChI=1S/C19H23O4P/c1-3-22-24(21,23-4-2)15-19-11-7-17(8-12-19)13-16-5-9-18(14-20)10-6-16/h5-12,14H,3-4,13,15H2,1-2H3. The van der Waals surface area contributed by atoms with Gasteiger partial charge in [-0.3, -0.25) is 9.36 Å². The number of aldehydes is 1. The molecular formula is C19H23O4P. The molecule has 2 aromatic carbocycles. The second-order valence-electron chi connectivity index (χ2n) is 5.46. The monoisotopic (exact) mass is 346 g/mol. The zero-order valence-corrected chi connectivity index (χ0v) is 15.0. The van der Waals surface area contributed by atoms with Gasteiger partial charge in [-0.2, -0.15) is 0 Å². The second-order valence-corrected chi connectivity index (χ2v) is 7.51. The lowest BCUT2D eigenvalue weighted by Gasteiger charge is -2.17. The van der Waals surface area contributed by atoms with Crippen molar-refractivity contribution in [2.45, 2.75) is 26.4 Å². The Morgan fingerprint density at radius 3 is 1.75 bits per heavy atom. The van der Waals surface area contributed by atoms with Gasteiger partial charge in [0.1, 0.15) is 6.29 Å². The van der Waals surface area contributed by atoms with E-state index in [1.165, 1.54) is 0 Å². The van der Waals surface area contributed by atoms with Crippen molar-refractivity contribution in [3.63, 3.8) is 0 Å². The van der Waals surface area contributed by atoms with Crippen molar-refractivity contribution >= 4 is 13.9 Å². The molecule has 0 aromatic heterocycles. The number of carbonyl (C=O) groups excluding carboxylic acids is 1. The summed E-state index contributed by atoms with van der Waals surface area (Å²) in [5, 5.41) is 0. The molecule has 0 bridgehead atoms. The third-order valence-electron chi connectivity index (χ3n) is 3.57. The molecule has 0 aliphatic rings. The van der Waals surface area contributed by atoms with E-state index in [0.717, 1.165) is 29.4 Å². The largest absolute Gasteiger partial charge is 0.335 e. The molecule has 0 saturated heterocycles. The van der Waals surface area contributed by atoms with Crippen molar-refractivity contribution < 1.29 is 18.4 Å². The van der Waals surface area contributed by atoms with Gasteiger partial charge in [0, 0.05) is 5.56 Å². The fourth-order valence-electron chi connectivity index (χ4n) is 2.46. The summed E-state index contributed by atoms with van der Waals surface area (Å²) in [7, 11) is -3.07. The summed E-state index contributed by atoms with van der Waals surface area (Å²) in [6.45, 7) is 4.35. The minimum absolute atomic E-state index is 0.281. The van der Waals surface area contributed by atoms with Gasteiger partial charge in [-0.15, -0.1) is 0 Å². The minimum atomic E-state index is -3.07. The van der Waals surface area contributed by atoms with Gasteiger partial charge >= 0.3 is 7.60 Å². The van der Waals surface area contributed by atoms with Crippen molar-refractivity contribution in [2.24, 2.45) is 0 Å². The summed E-state index contributed by atoms with van der Waals surface area (Å²) in [5.74, 6) is 0. The smallest absolute Gasteiger partial charge is 0.309 e. The van der Waals surface area contributed by atoms with Gasteiger partial charge in [-0.1, -0.05) is 48.5 Å². The van der Waals surface area contributed by atoms with Crippen LogP contribution in [0.2, 0.25) is 0 Å². The highest BCUT2D eigenvalue weighted by Crippen LogP contribution is 2.51. The first-order valence-electron chi connectivity index (χ1n) is 8.08. The summed E-state index contributed by atoms with van der Waals surface area (Å²) >= 11 is 0. The molecule has 128 valence electrons. The Labute approximate surface area is 143 Å². The van der Waals surface area contributed by atoms with Crippen LogP contribution in [0.4, 0.5) is 0 Å². The first-order valence-corrected chi connectivity index (χ1v) is 9.81. The third kappa shape index (κ3) is 5.41. The molecule has 0 heterocycles. The Balaban J connectivity index is 2.03. The molecule has 2 rings (SSSR count). The van der Waals surface area contributed by atoms with E-state index in [1.807, 2.05) is 62.4 Å². The van der Waals surface area contributed by atoms with Crippen LogP contribution in [0, 0.1) is 0 Å². The third-order valence-corrected chi connectivity index (χ3v) is 5.63. The number of hydrogen-bond acceptors (Lipinski definition) is 4. The SMILES string of the molecule is CCOP(=O)(Cc1ccc(Cc2ccc(C=O)cc2)cc1)OCC. The highest BCUT2D eigenvalue weighted by molar-refractivity contribution is 7.53. The van der Waals surface area contributed by atoms with E-state index in [4.69, 9.17) is 9.05 Å². The second kappa shape index (κ2) is 8.93. The maximum atomic E-state index is 12.5. The van der Waals surface area contributed by atoms with Gasteiger partial charge in [0.15, 0.2) is 0 Å². The molecule has 0 amide bonds. The highest BCUT2D eigenvalue weighted by Gasteiger charge is 2.23. The van der Waals surface area contributed by atoms with E-state index >= 15 is 0 Å². The number of benzene rings is 2. The number of rotatable bonds is 9. The van der Waals surface area contributed by atoms with Crippen LogP contribution in [0.5, 0.6) is 0 Å². The average molecular weight is 346 g/mol. The van der Waals surface area contributed by atoms with Crippen LogP contribution < -0.4 is 0 Å². The fourth-order valence-corrected chi connectivity index (χ4v) is 4.16. The molecule has 0 N–H and O–H groups in total. The molecule has 4 nitrogen and oxygen atoms in total. The summed E-state index contributed by atoms with van der Waals surface area (Å²) in [4.78, 5) is 10.7. The lowest BCUT2D eigenvalue weighted by Crippen LogP contribution is -1.99. The molecule has 5 heteroatoms. The zero-order chi connectivity index (χ0) is 17.4. The van der Waals surface area contributed by atoms with Crippen LogP contribution in [0.3, 0.4) is 0 Å². The molecule has 0 atom stereocenters. The molecular weight excluding hydrogens is 323 g/mol. The average Bonchev–Trinajstić information content (AvgIpc) is 2.58.